The molecule has 0 radical (unpaired) electrons. The van der Waals surface area contributed by atoms with Crippen LogP contribution in [0, 0.1) is 5.41 Å². The zero-order valence-corrected chi connectivity index (χ0v) is 22.6. The lowest BCUT2D eigenvalue weighted by atomic mass is 9.87. The molecule has 1 aliphatic carbocycles. The second-order valence-corrected chi connectivity index (χ2v) is 14.7. The van der Waals surface area contributed by atoms with Crippen LogP contribution in [-0.2, 0) is 6.16 Å². The van der Waals surface area contributed by atoms with Crippen molar-refractivity contribution in [3.63, 3.8) is 0 Å². The summed E-state index contributed by atoms with van der Waals surface area (Å²) in [6.07, 6.45) is 11.6. The molecular weight excluding hydrogens is 470 g/mol. The van der Waals surface area contributed by atoms with Crippen LogP contribution in [-0.4, -0.2) is 6.16 Å². The third-order valence-electron chi connectivity index (χ3n) is 7.40. The van der Waals surface area contributed by atoms with Gasteiger partial charge in [0.2, 0.25) is 0 Å². The number of hydrogen-bond acceptors (Lipinski definition) is 0. The van der Waals surface area contributed by atoms with E-state index in [1.807, 2.05) is 0 Å². The van der Waals surface area contributed by atoms with Gasteiger partial charge in [-0.1, -0.05) is 140 Å². The van der Waals surface area contributed by atoms with E-state index in [4.69, 9.17) is 0 Å². The molecule has 1 heterocycles. The zero-order valence-electron chi connectivity index (χ0n) is 20.8. The van der Waals surface area contributed by atoms with E-state index < -0.39 is 15.5 Å². The number of rotatable bonds is 8. The first-order valence-electron chi connectivity index (χ1n) is 12.9. The standard InChI is InChI=1S/C34H32P2/c1-34(24-27-14-8-9-15-27,25-35(28-16-4-2-5-17-28)29-18-6-3-7-19-29)26-36-32-22-12-10-20-30(32)31-21-11-13-23-33(31)36/h2-14,16-23H,15,24-26H2,1H3. The monoisotopic (exact) mass is 502 g/mol. The zero-order chi connectivity index (χ0) is 24.4. The van der Waals surface area contributed by atoms with Crippen molar-refractivity contribution in [3.05, 3.63) is 133 Å². The lowest BCUT2D eigenvalue weighted by Crippen LogP contribution is -2.27. The summed E-state index contributed by atoms with van der Waals surface area (Å²) < 4.78 is 0. The van der Waals surface area contributed by atoms with E-state index >= 15 is 0 Å². The molecule has 1 atom stereocenters. The van der Waals surface area contributed by atoms with Crippen LogP contribution in [0.25, 0.3) is 21.0 Å². The van der Waals surface area contributed by atoms with Crippen LogP contribution in [0.1, 0.15) is 19.8 Å². The second-order valence-electron chi connectivity index (χ2n) is 10.3. The predicted octanol–water partition coefficient (Wildman–Crippen LogP) is 9.40. The number of fused-ring (bicyclic) bond motifs is 3. The highest BCUT2D eigenvalue weighted by atomic mass is 31.1. The van der Waals surface area contributed by atoms with Gasteiger partial charge in [0, 0.05) is 10.2 Å². The van der Waals surface area contributed by atoms with E-state index in [2.05, 4.69) is 134 Å². The second kappa shape index (κ2) is 10.2. The van der Waals surface area contributed by atoms with E-state index in [0.29, 0.717) is 0 Å². The molecule has 0 fully saturated rings. The Kier molecular flexibility index (Phi) is 6.67. The van der Waals surface area contributed by atoms with E-state index in [9.17, 15) is 0 Å². The van der Waals surface area contributed by atoms with Gasteiger partial charge in [-0.2, -0.15) is 0 Å². The first kappa shape index (κ1) is 23.5. The molecule has 4 aromatic carbocycles. The van der Waals surface area contributed by atoms with Gasteiger partial charge >= 0.3 is 0 Å². The Morgan fingerprint density at radius 3 is 1.75 bits per heavy atom. The molecule has 36 heavy (non-hydrogen) atoms. The van der Waals surface area contributed by atoms with E-state index in [1.165, 1.54) is 40.1 Å². The summed E-state index contributed by atoms with van der Waals surface area (Å²) in [4.78, 5) is 0. The fourth-order valence-electron chi connectivity index (χ4n) is 5.82. The summed E-state index contributed by atoms with van der Waals surface area (Å²) in [5, 5.41) is 9.03. The van der Waals surface area contributed by atoms with Crippen molar-refractivity contribution in [2.75, 3.05) is 6.16 Å². The molecule has 1 aliphatic rings. The SMILES string of the molecule is CC(CC1=CC=CC1)(CP(c1ccccc1)c1ccccc1)Cp1c2ccccc2c2ccccc21. The molecule has 1 unspecified atom stereocenters. The van der Waals surface area contributed by atoms with Gasteiger partial charge in [0.25, 0.3) is 0 Å². The van der Waals surface area contributed by atoms with Crippen molar-refractivity contribution in [1.29, 1.82) is 0 Å². The van der Waals surface area contributed by atoms with E-state index in [-0.39, 0.29) is 5.41 Å². The molecular formula is C34H32P2. The summed E-state index contributed by atoms with van der Waals surface area (Å²) in [6.45, 7) is 2.58. The van der Waals surface area contributed by atoms with Crippen molar-refractivity contribution >= 4 is 47.1 Å². The third-order valence-corrected chi connectivity index (χ3v) is 13.3. The summed E-state index contributed by atoms with van der Waals surface area (Å²) in [5.74, 6) is 0. The Bertz CT molecular complexity index is 1450. The minimum atomic E-state index is -0.451. The van der Waals surface area contributed by atoms with Crippen LogP contribution in [0.15, 0.2) is 133 Å². The number of allylic oxidation sites excluding steroid dienone is 4. The highest BCUT2D eigenvalue weighted by Gasteiger charge is 2.32. The van der Waals surface area contributed by atoms with Crippen LogP contribution in [0.5, 0.6) is 0 Å². The molecule has 2 heteroatoms. The molecule has 0 aliphatic heterocycles. The van der Waals surface area contributed by atoms with Crippen LogP contribution < -0.4 is 10.6 Å². The Labute approximate surface area is 217 Å². The third kappa shape index (κ3) is 4.74. The van der Waals surface area contributed by atoms with Crippen LogP contribution in [0.3, 0.4) is 0 Å². The van der Waals surface area contributed by atoms with Gasteiger partial charge in [-0.05, 0) is 59.9 Å². The van der Waals surface area contributed by atoms with Crippen molar-refractivity contribution in [2.45, 2.75) is 25.9 Å². The Balaban J connectivity index is 1.46. The molecule has 0 nitrogen and oxygen atoms in total. The Hall–Kier alpha value is -2.91. The van der Waals surface area contributed by atoms with Gasteiger partial charge in [-0.3, -0.25) is 0 Å². The summed E-state index contributed by atoms with van der Waals surface area (Å²) in [6, 6.07) is 40.9. The Morgan fingerprint density at radius 2 is 1.22 bits per heavy atom. The topological polar surface area (TPSA) is 0 Å². The van der Waals surface area contributed by atoms with Crippen molar-refractivity contribution in [2.24, 2.45) is 5.41 Å². The summed E-state index contributed by atoms with van der Waals surface area (Å²) >= 11 is 0. The quantitative estimate of drug-likeness (QED) is 0.185. The number of benzene rings is 4. The van der Waals surface area contributed by atoms with Crippen LogP contribution >= 0.6 is 15.5 Å². The van der Waals surface area contributed by atoms with E-state index in [1.54, 1.807) is 15.8 Å². The first-order valence-corrected chi connectivity index (χ1v) is 15.9. The van der Waals surface area contributed by atoms with Crippen molar-refractivity contribution in [1.82, 2.24) is 0 Å². The van der Waals surface area contributed by atoms with E-state index in [0.717, 1.165) is 6.42 Å². The minimum Gasteiger partial charge on any atom is -0.108 e. The fraction of sp³-hybridized carbons (Fsp3) is 0.176. The maximum atomic E-state index is 2.58. The lowest BCUT2D eigenvalue weighted by molar-refractivity contribution is 0.395. The molecule has 0 saturated heterocycles. The maximum absolute atomic E-state index is 2.58. The van der Waals surface area contributed by atoms with Crippen LogP contribution in [0.4, 0.5) is 0 Å². The van der Waals surface area contributed by atoms with Crippen LogP contribution in [0.2, 0.25) is 0 Å². The predicted molar refractivity (Wildman–Crippen MR) is 163 cm³/mol. The van der Waals surface area contributed by atoms with Gasteiger partial charge in [0.1, 0.15) is 0 Å². The first-order chi connectivity index (χ1) is 17.7. The van der Waals surface area contributed by atoms with Crippen molar-refractivity contribution < 1.29 is 0 Å². The van der Waals surface area contributed by atoms with Crippen molar-refractivity contribution in [3.8, 4) is 0 Å². The van der Waals surface area contributed by atoms with Gasteiger partial charge in [-0.25, -0.2) is 0 Å². The number of hydrogen-bond donors (Lipinski definition) is 0. The molecule has 6 rings (SSSR count). The Morgan fingerprint density at radius 1 is 0.694 bits per heavy atom. The molecule has 178 valence electrons. The highest BCUT2D eigenvalue weighted by molar-refractivity contribution is 7.73. The molecule has 0 spiro atoms. The molecule has 0 N–H and O–H groups in total. The lowest BCUT2D eigenvalue weighted by Gasteiger charge is -2.35. The summed E-state index contributed by atoms with van der Waals surface area (Å²) in [7, 11) is -0.842. The van der Waals surface area contributed by atoms with Gasteiger partial charge in [-0.15, -0.1) is 7.53 Å². The smallest absolute Gasteiger partial charge is 0.00240 e. The molecule has 1 aromatic heterocycles. The molecule has 5 aromatic rings. The average molecular weight is 503 g/mol. The van der Waals surface area contributed by atoms with Gasteiger partial charge in [0.05, 0.1) is 0 Å². The average Bonchev–Trinajstić information content (AvgIpc) is 3.55. The highest BCUT2D eigenvalue weighted by Crippen LogP contribution is 2.56. The molecule has 0 bridgehead atoms. The maximum Gasteiger partial charge on any atom is 0.00240 e. The largest absolute Gasteiger partial charge is 0.108 e. The molecule has 0 saturated carbocycles. The molecule has 0 amide bonds. The fourth-order valence-corrected chi connectivity index (χ4v) is 11.8. The van der Waals surface area contributed by atoms with Gasteiger partial charge in [0.15, 0.2) is 0 Å². The normalized spacial score (nSPS) is 15.0. The minimum absolute atomic E-state index is 0.200. The van der Waals surface area contributed by atoms with Gasteiger partial charge < -0.3 is 0 Å². The summed E-state index contributed by atoms with van der Waals surface area (Å²) in [5.41, 5.74) is 1.79.